The minimum Gasteiger partial charge on any atom is -0.507 e. The predicted molar refractivity (Wildman–Crippen MR) is 59.4 cm³/mol. The average molecular weight is 203 g/mol. The summed E-state index contributed by atoms with van der Waals surface area (Å²) in [6.45, 7) is 2.71. The van der Waals surface area contributed by atoms with Crippen molar-refractivity contribution in [1.82, 2.24) is 9.78 Å². The normalized spacial score (nSPS) is 10.5. The minimum atomic E-state index is 0.243. The molecule has 1 aromatic heterocycles. The van der Waals surface area contributed by atoms with E-state index in [4.69, 9.17) is 5.73 Å². The predicted octanol–water partition coefficient (Wildman–Crippen LogP) is 1.86. The van der Waals surface area contributed by atoms with Gasteiger partial charge < -0.3 is 10.8 Å². The van der Waals surface area contributed by atoms with Crippen molar-refractivity contribution in [3.63, 3.8) is 0 Å². The lowest BCUT2D eigenvalue weighted by Gasteiger charge is -2.05. The average Bonchev–Trinajstić information content (AvgIpc) is 2.60. The first kappa shape index (κ1) is 9.58. The first-order chi connectivity index (χ1) is 7.22. The number of rotatable bonds is 2. The molecule has 0 radical (unpaired) electrons. The fourth-order valence-electron chi connectivity index (χ4n) is 1.58. The molecule has 78 valence electrons. The van der Waals surface area contributed by atoms with Gasteiger partial charge >= 0.3 is 0 Å². The number of nitrogens with zero attached hydrogens (tertiary/aromatic N) is 2. The van der Waals surface area contributed by atoms with Crippen molar-refractivity contribution in [2.45, 2.75) is 13.5 Å². The Kier molecular flexibility index (Phi) is 2.33. The summed E-state index contributed by atoms with van der Waals surface area (Å²) < 4.78 is 1.77. The van der Waals surface area contributed by atoms with Crippen molar-refractivity contribution >= 4 is 5.82 Å². The number of phenols is 1. The van der Waals surface area contributed by atoms with Crippen molar-refractivity contribution < 1.29 is 5.11 Å². The van der Waals surface area contributed by atoms with E-state index in [0.29, 0.717) is 5.82 Å². The molecule has 4 nitrogen and oxygen atoms in total. The van der Waals surface area contributed by atoms with Crippen LogP contribution in [-0.4, -0.2) is 14.9 Å². The molecule has 2 rings (SSSR count). The Labute approximate surface area is 88.0 Å². The highest BCUT2D eigenvalue weighted by molar-refractivity contribution is 5.69. The second-order valence-corrected chi connectivity index (χ2v) is 3.29. The van der Waals surface area contributed by atoms with Crippen LogP contribution in [0.4, 0.5) is 5.82 Å². The number of hydrogen-bond acceptors (Lipinski definition) is 3. The van der Waals surface area contributed by atoms with E-state index in [0.717, 1.165) is 17.8 Å². The van der Waals surface area contributed by atoms with Crippen molar-refractivity contribution in [1.29, 1.82) is 0 Å². The van der Waals surface area contributed by atoms with Gasteiger partial charge in [-0.25, -0.2) is 0 Å². The van der Waals surface area contributed by atoms with Crippen LogP contribution in [0.15, 0.2) is 30.3 Å². The SMILES string of the molecule is CCn1nc(N)cc1-c1ccccc1O. The van der Waals surface area contributed by atoms with Gasteiger partial charge in [0.25, 0.3) is 0 Å². The van der Waals surface area contributed by atoms with Crippen LogP contribution in [0, 0.1) is 0 Å². The van der Waals surface area contributed by atoms with Crippen LogP contribution in [0.3, 0.4) is 0 Å². The molecule has 4 heteroatoms. The number of aromatic nitrogens is 2. The molecule has 0 aliphatic heterocycles. The Hall–Kier alpha value is -1.97. The van der Waals surface area contributed by atoms with Gasteiger partial charge in [-0.15, -0.1) is 0 Å². The summed E-state index contributed by atoms with van der Waals surface area (Å²) in [6, 6.07) is 8.92. The molecule has 1 heterocycles. The van der Waals surface area contributed by atoms with Gasteiger partial charge in [0.05, 0.1) is 5.69 Å². The third-order valence-electron chi connectivity index (χ3n) is 2.28. The van der Waals surface area contributed by atoms with E-state index < -0.39 is 0 Å². The van der Waals surface area contributed by atoms with Gasteiger partial charge in [0, 0.05) is 18.2 Å². The smallest absolute Gasteiger partial charge is 0.146 e. The molecular formula is C11H13N3O. The van der Waals surface area contributed by atoms with Gasteiger partial charge in [-0.05, 0) is 19.1 Å². The first-order valence-electron chi connectivity index (χ1n) is 4.84. The zero-order valence-electron chi connectivity index (χ0n) is 8.51. The Balaban J connectivity index is 2.58. The maximum atomic E-state index is 9.71. The van der Waals surface area contributed by atoms with E-state index in [9.17, 15) is 5.11 Å². The van der Waals surface area contributed by atoms with Gasteiger partial charge in [0.1, 0.15) is 11.6 Å². The molecule has 0 saturated carbocycles. The number of nitrogens with two attached hydrogens (primary N) is 1. The fraction of sp³-hybridized carbons (Fsp3) is 0.182. The summed E-state index contributed by atoms with van der Waals surface area (Å²) in [7, 11) is 0. The molecule has 1 aromatic carbocycles. The number of benzene rings is 1. The monoisotopic (exact) mass is 203 g/mol. The van der Waals surface area contributed by atoms with Crippen LogP contribution in [0.5, 0.6) is 5.75 Å². The maximum Gasteiger partial charge on any atom is 0.146 e. The molecule has 0 aliphatic rings. The summed E-state index contributed by atoms with van der Waals surface area (Å²) in [4.78, 5) is 0. The Morgan fingerprint density at radius 2 is 2.13 bits per heavy atom. The largest absolute Gasteiger partial charge is 0.507 e. The summed E-state index contributed by atoms with van der Waals surface area (Å²) in [5.74, 6) is 0.710. The molecule has 0 saturated heterocycles. The Morgan fingerprint density at radius 3 is 2.80 bits per heavy atom. The molecule has 0 amide bonds. The highest BCUT2D eigenvalue weighted by atomic mass is 16.3. The minimum absolute atomic E-state index is 0.243. The molecule has 0 fully saturated rings. The van der Waals surface area contributed by atoms with Gasteiger partial charge in [0.15, 0.2) is 0 Å². The van der Waals surface area contributed by atoms with Crippen LogP contribution in [0.1, 0.15) is 6.92 Å². The number of aryl methyl sites for hydroxylation is 1. The lowest BCUT2D eigenvalue weighted by Crippen LogP contribution is -1.99. The van der Waals surface area contributed by atoms with Crippen LogP contribution >= 0.6 is 0 Å². The van der Waals surface area contributed by atoms with E-state index in [1.165, 1.54) is 0 Å². The van der Waals surface area contributed by atoms with E-state index in [2.05, 4.69) is 5.10 Å². The molecule has 2 aromatic rings. The molecule has 0 unspecified atom stereocenters. The number of nitrogen functional groups attached to an aromatic ring is 1. The quantitative estimate of drug-likeness (QED) is 0.783. The van der Waals surface area contributed by atoms with Crippen molar-refractivity contribution in [3.8, 4) is 17.0 Å². The molecule has 15 heavy (non-hydrogen) atoms. The first-order valence-corrected chi connectivity index (χ1v) is 4.84. The standard InChI is InChI=1S/C11H13N3O/c1-2-14-9(7-11(12)13-14)8-5-3-4-6-10(8)15/h3-7,15H,2H2,1H3,(H2,12,13). The van der Waals surface area contributed by atoms with Gasteiger partial charge in [-0.2, -0.15) is 5.10 Å². The van der Waals surface area contributed by atoms with Crippen LogP contribution in [0.2, 0.25) is 0 Å². The second-order valence-electron chi connectivity index (χ2n) is 3.29. The number of anilines is 1. The zero-order chi connectivity index (χ0) is 10.8. The van der Waals surface area contributed by atoms with Crippen LogP contribution < -0.4 is 5.73 Å². The molecule has 3 N–H and O–H groups in total. The summed E-state index contributed by atoms with van der Waals surface area (Å²) in [5.41, 5.74) is 7.22. The topological polar surface area (TPSA) is 64.1 Å². The van der Waals surface area contributed by atoms with E-state index in [-0.39, 0.29) is 5.75 Å². The summed E-state index contributed by atoms with van der Waals surface area (Å²) in [6.07, 6.45) is 0. The van der Waals surface area contributed by atoms with Crippen molar-refractivity contribution in [2.24, 2.45) is 0 Å². The Bertz CT molecular complexity index is 476. The summed E-state index contributed by atoms with van der Waals surface area (Å²) in [5, 5.41) is 13.8. The third-order valence-corrected chi connectivity index (χ3v) is 2.28. The van der Waals surface area contributed by atoms with E-state index in [1.54, 1.807) is 22.9 Å². The lowest BCUT2D eigenvalue weighted by atomic mass is 10.1. The molecule has 0 aliphatic carbocycles. The highest BCUT2D eigenvalue weighted by Crippen LogP contribution is 2.29. The van der Waals surface area contributed by atoms with Crippen molar-refractivity contribution in [2.75, 3.05) is 5.73 Å². The van der Waals surface area contributed by atoms with Crippen LogP contribution in [-0.2, 0) is 6.54 Å². The number of para-hydroxylation sites is 1. The lowest BCUT2D eigenvalue weighted by molar-refractivity contribution is 0.476. The van der Waals surface area contributed by atoms with Crippen LogP contribution in [0.25, 0.3) is 11.3 Å². The summed E-state index contributed by atoms with van der Waals surface area (Å²) >= 11 is 0. The Morgan fingerprint density at radius 1 is 1.40 bits per heavy atom. The number of hydrogen-bond donors (Lipinski definition) is 2. The molecule has 0 atom stereocenters. The molecular weight excluding hydrogens is 190 g/mol. The molecule has 0 spiro atoms. The van der Waals surface area contributed by atoms with Gasteiger partial charge in [-0.1, -0.05) is 12.1 Å². The third kappa shape index (κ3) is 1.66. The fourth-order valence-corrected chi connectivity index (χ4v) is 1.58. The van der Waals surface area contributed by atoms with Gasteiger partial charge in [0.2, 0.25) is 0 Å². The number of aromatic hydroxyl groups is 1. The second kappa shape index (κ2) is 3.65. The number of phenolic OH excluding ortho intramolecular Hbond substituents is 1. The van der Waals surface area contributed by atoms with E-state index >= 15 is 0 Å². The van der Waals surface area contributed by atoms with E-state index in [1.807, 2.05) is 19.1 Å². The van der Waals surface area contributed by atoms with Crippen molar-refractivity contribution in [3.05, 3.63) is 30.3 Å². The maximum absolute atomic E-state index is 9.71. The highest BCUT2D eigenvalue weighted by Gasteiger charge is 2.10. The zero-order valence-corrected chi connectivity index (χ0v) is 8.51. The molecule has 0 bridgehead atoms. The van der Waals surface area contributed by atoms with Gasteiger partial charge in [-0.3, -0.25) is 4.68 Å².